The Bertz CT molecular complexity index is 1810. The molecule has 0 unspecified atom stereocenters. The number of ether oxygens (including phenoxy) is 2. The number of nitrogens with one attached hydrogen (secondary N) is 1. The lowest BCUT2D eigenvalue weighted by Gasteiger charge is -2.16. The quantitative estimate of drug-likeness (QED) is 0.0453. The maximum Gasteiger partial charge on any atom is 0.169 e. The number of benzene rings is 3. The van der Waals surface area contributed by atoms with Crippen LogP contribution in [0.15, 0.2) is 117 Å². The van der Waals surface area contributed by atoms with Crippen LogP contribution in [0.5, 0.6) is 11.5 Å². The first-order valence-electron chi connectivity index (χ1n) is 18.7. The summed E-state index contributed by atoms with van der Waals surface area (Å²) in [7, 11) is 0. The van der Waals surface area contributed by atoms with Gasteiger partial charge in [0.25, 0.3) is 0 Å². The zero-order valence-corrected chi connectivity index (χ0v) is 30.0. The van der Waals surface area contributed by atoms with E-state index >= 15 is 0 Å². The Balaban J connectivity index is 0.984. The van der Waals surface area contributed by atoms with Gasteiger partial charge in [0.1, 0.15) is 18.0 Å². The Morgan fingerprint density at radius 3 is 2.20 bits per heavy atom. The van der Waals surface area contributed by atoms with E-state index in [0.29, 0.717) is 6.61 Å². The molecule has 0 bridgehead atoms. The number of pyridine rings is 1. The topological polar surface area (TPSA) is 38.1 Å². The van der Waals surface area contributed by atoms with Crippen molar-refractivity contribution in [2.75, 3.05) is 13.2 Å². The fourth-order valence-electron chi connectivity index (χ4n) is 6.42. The average Bonchev–Trinajstić information content (AvgIpc) is 3.56. The number of aryl methyl sites for hydroxylation is 1. The number of allylic oxidation sites excluding steroid dienone is 2. The van der Waals surface area contributed by atoms with E-state index in [9.17, 15) is 0 Å². The Kier molecular flexibility index (Phi) is 14.6. The van der Waals surface area contributed by atoms with Gasteiger partial charge in [0.2, 0.25) is 0 Å². The van der Waals surface area contributed by atoms with Crippen molar-refractivity contribution in [1.82, 2.24) is 4.98 Å². The third kappa shape index (κ3) is 10.8. The predicted octanol–water partition coefficient (Wildman–Crippen LogP) is 11.7. The Morgan fingerprint density at radius 1 is 0.700 bits per heavy atom. The molecule has 0 amide bonds. The summed E-state index contributed by atoms with van der Waals surface area (Å²) in [5.74, 6) is 1.88. The molecule has 0 saturated carbocycles. The molecular formula is C46H55N2O2+. The van der Waals surface area contributed by atoms with Crippen LogP contribution in [0.1, 0.15) is 87.0 Å². The Hall–Kier alpha value is -4.83. The van der Waals surface area contributed by atoms with Crippen LogP contribution < -0.4 is 14.0 Å². The maximum atomic E-state index is 6.39. The fraction of sp³-hybridized carbons (Fsp3) is 0.326. The van der Waals surface area contributed by atoms with Gasteiger partial charge in [0.05, 0.1) is 13.2 Å². The molecule has 5 rings (SSSR count). The molecule has 2 aromatic heterocycles. The van der Waals surface area contributed by atoms with Crippen molar-refractivity contribution in [3.63, 3.8) is 0 Å². The summed E-state index contributed by atoms with van der Waals surface area (Å²) in [4.78, 5) is 3.34. The maximum absolute atomic E-state index is 6.39. The molecule has 2 heterocycles. The van der Waals surface area contributed by atoms with Gasteiger partial charge >= 0.3 is 0 Å². The highest BCUT2D eigenvalue weighted by atomic mass is 16.5. The highest BCUT2D eigenvalue weighted by Gasteiger charge is 2.12. The number of fused-ring (bicyclic) bond motifs is 1. The summed E-state index contributed by atoms with van der Waals surface area (Å²) in [6.07, 6.45) is 27.3. The normalized spacial score (nSPS) is 11.3. The van der Waals surface area contributed by atoms with Gasteiger partial charge < -0.3 is 14.5 Å². The molecule has 260 valence electrons. The van der Waals surface area contributed by atoms with Crippen LogP contribution in [0, 0.1) is 0 Å². The lowest BCUT2D eigenvalue weighted by molar-refractivity contribution is -0.697. The number of aromatic amines is 1. The van der Waals surface area contributed by atoms with Crippen molar-refractivity contribution in [3.8, 4) is 22.6 Å². The van der Waals surface area contributed by atoms with Gasteiger partial charge in [0.15, 0.2) is 12.4 Å². The lowest BCUT2D eigenvalue weighted by Crippen LogP contribution is -2.32. The first-order valence-corrected chi connectivity index (χ1v) is 18.7. The number of H-pyrrole nitrogens is 1. The number of para-hydroxylation sites is 1. The van der Waals surface area contributed by atoms with Gasteiger partial charge in [-0.2, -0.15) is 0 Å². The zero-order chi connectivity index (χ0) is 34.8. The molecule has 5 aromatic rings. The van der Waals surface area contributed by atoms with Crippen LogP contribution in [0.25, 0.3) is 34.2 Å². The smallest absolute Gasteiger partial charge is 0.169 e. The van der Waals surface area contributed by atoms with Crippen LogP contribution in [-0.2, 0) is 19.4 Å². The molecule has 0 aliphatic heterocycles. The van der Waals surface area contributed by atoms with E-state index in [1.807, 2.05) is 12.2 Å². The highest BCUT2D eigenvalue weighted by molar-refractivity contribution is 5.91. The largest absolute Gasteiger partial charge is 0.493 e. The van der Waals surface area contributed by atoms with Crippen molar-refractivity contribution in [3.05, 3.63) is 139 Å². The van der Waals surface area contributed by atoms with Gasteiger partial charge in [-0.3, -0.25) is 0 Å². The first-order chi connectivity index (χ1) is 24.7. The second kappa shape index (κ2) is 20.0. The monoisotopic (exact) mass is 667 g/mol. The SMILES string of the molecule is C=CCc1ccc(OCCCCCCCCCC[n+]2ccc(/C=C/c3c[nH]c4ccccc34)cc2)c(-c2ccc(OCCC)c(CC=C)c2)c1. The van der Waals surface area contributed by atoms with Gasteiger partial charge in [-0.25, -0.2) is 4.57 Å². The molecule has 0 aliphatic rings. The molecule has 4 nitrogen and oxygen atoms in total. The zero-order valence-electron chi connectivity index (χ0n) is 30.0. The van der Waals surface area contributed by atoms with E-state index in [1.54, 1.807) is 0 Å². The number of hydrogen-bond donors (Lipinski definition) is 1. The molecule has 0 saturated heterocycles. The van der Waals surface area contributed by atoms with Gasteiger partial charge in [-0.15, -0.1) is 13.2 Å². The lowest BCUT2D eigenvalue weighted by atomic mass is 9.97. The number of hydrogen-bond acceptors (Lipinski definition) is 2. The Labute approximate surface area is 300 Å². The fourth-order valence-corrected chi connectivity index (χ4v) is 6.42. The van der Waals surface area contributed by atoms with E-state index < -0.39 is 0 Å². The average molecular weight is 668 g/mol. The predicted molar refractivity (Wildman–Crippen MR) is 212 cm³/mol. The third-order valence-electron chi connectivity index (χ3n) is 9.18. The second-order valence-corrected chi connectivity index (χ2v) is 13.2. The van der Waals surface area contributed by atoms with E-state index in [4.69, 9.17) is 9.47 Å². The number of aromatic nitrogens is 2. The van der Waals surface area contributed by atoms with Gasteiger partial charge in [0, 0.05) is 41.2 Å². The summed E-state index contributed by atoms with van der Waals surface area (Å²) in [6, 6.07) is 25.8. The second-order valence-electron chi connectivity index (χ2n) is 13.2. The summed E-state index contributed by atoms with van der Waals surface area (Å²) < 4.78 is 14.7. The summed E-state index contributed by atoms with van der Waals surface area (Å²) in [5.41, 5.74) is 8.29. The van der Waals surface area contributed by atoms with Crippen molar-refractivity contribution in [2.24, 2.45) is 0 Å². The molecular weight excluding hydrogens is 613 g/mol. The standard InChI is InChI=1S/C46H54N2O2/c1-4-17-38-22-25-46(43(34-38)39-24-26-45(49-32-6-3)40(35-39)18-5-2)50-33-16-12-10-8-7-9-11-15-29-48-30-27-37(28-31-48)21-23-41-36-47-44-20-14-13-19-42(41)44/h4-5,13-14,19-28,30-31,34-36H,1-2,6-12,15-18,29,32-33H2,3H3/p+1. The van der Waals surface area contributed by atoms with Crippen molar-refractivity contribution in [1.29, 1.82) is 0 Å². The third-order valence-corrected chi connectivity index (χ3v) is 9.18. The van der Waals surface area contributed by atoms with Crippen LogP contribution in [0.2, 0.25) is 0 Å². The highest BCUT2D eigenvalue weighted by Crippen LogP contribution is 2.35. The van der Waals surface area contributed by atoms with Crippen LogP contribution in [0.3, 0.4) is 0 Å². The number of nitrogens with zero attached hydrogens (tertiary/aromatic N) is 1. The van der Waals surface area contributed by atoms with Crippen molar-refractivity contribution < 1.29 is 14.0 Å². The van der Waals surface area contributed by atoms with Crippen LogP contribution >= 0.6 is 0 Å². The van der Waals surface area contributed by atoms with Crippen LogP contribution in [0.4, 0.5) is 0 Å². The molecule has 0 atom stereocenters. The minimum atomic E-state index is 0.716. The molecule has 0 aliphatic carbocycles. The minimum absolute atomic E-state index is 0.716. The Morgan fingerprint density at radius 2 is 1.42 bits per heavy atom. The number of unbranched alkanes of at least 4 members (excludes halogenated alkanes) is 7. The van der Waals surface area contributed by atoms with E-state index in [2.05, 4.69) is 133 Å². The summed E-state index contributed by atoms with van der Waals surface area (Å²) in [5, 5.41) is 1.26. The van der Waals surface area contributed by atoms with E-state index in [1.165, 1.54) is 72.5 Å². The van der Waals surface area contributed by atoms with Crippen molar-refractivity contribution >= 4 is 23.1 Å². The molecule has 0 spiro atoms. The number of rotatable bonds is 22. The molecule has 0 radical (unpaired) electrons. The van der Waals surface area contributed by atoms with Gasteiger partial charge in [-0.1, -0.05) is 93.7 Å². The first kappa shape index (κ1) is 36.5. The summed E-state index contributed by atoms with van der Waals surface area (Å²) >= 11 is 0. The molecule has 3 aromatic carbocycles. The van der Waals surface area contributed by atoms with E-state index in [-0.39, 0.29) is 0 Å². The minimum Gasteiger partial charge on any atom is -0.493 e. The van der Waals surface area contributed by atoms with Crippen LogP contribution in [-0.4, -0.2) is 18.2 Å². The molecule has 1 N–H and O–H groups in total. The molecule has 50 heavy (non-hydrogen) atoms. The van der Waals surface area contributed by atoms with Crippen molar-refractivity contribution in [2.45, 2.75) is 84.1 Å². The van der Waals surface area contributed by atoms with E-state index in [0.717, 1.165) is 67.0 Å². The summed E-state index contributed by atoms with van der Waals surface area (Å²) in [6.45, 7) is 12.6. The molecule has 0 fully saturated rings. The molecule has 4 heteroatoms. The van der Waals surface area contributed by atoms with Gasteiger partial charge in [-0.05, 0) is 90.3 Å².